The highest BCUT2D eigenvalue weighted by atomic mass is 32.1. The number of nitrogens with one attached hydrogen (secondary N) is 2. The van der Waals surface area contributed by atoms with E-state index in [1.807, 2.05) is 22.9 Å². The van der Waals surface area contributed by atoms with Crippen LogP contribution in [-0.4, -0.2) is 22.8 Å². The Bertz CT molecular complexity index is 996. The minimum atomic E-state index is 0.279. The van der Waals surface area contributed by atoms with E-state index in [4.69, 9.17) is 15.9 Å². The molecule has 4 N–H and O–H groups in total. The smallest absolute Gasteiger partial charge is 0.145 e. The van der Waals surface area contributed by atoms with Gasteiger partial charge in [0, 0.05) is 10.9 Å². The third-order valence-electron chi connectivity index (χ3n) is 5.49. The van der Waals surface area contributed by atoms with Gasteiger partial charge in [-0.05, 0) is 47.9 Å². The average Bonchev–Trinajstić information content (AvgIpc) is 3.29. The highest BCUT2D eigenvalue weighted by Gasteiger charge is 2.20. The standard InChI is InChI=1S/C22H25N5OS/c1-28-18-8-7-15(14-5-3-2-4-6-14)11-17(18)27-22-19(21(24)25-13-26-22)20(23)16-9-10-29-12-16/h7-14,23H,2-6H2,1H3,(H3,24,25,26,27). The van der Waals surface area contributed by atoms with Crippen LogP contribution in [0.15, 0.2) is 41.4 Å². The van der Waals surface area contributed by atoms with Crippen LogP contribution in [0.2, 0.25) is 0 Å². The number of rotatable bonds is 6. The number of thiophene rings is 1. The van der Waals surface area contributed by atoms with E-state index in [1.54, 1.807) is 7.11 Å². The summed E-state index contributed by atoms with van der Waals surface area (Å²) in [4.78, 5) is 8.49. The number of nitrogens with two attached hydrogens (primary N) is 1. The Balaban J connectivity index is 1.70. The second kappa shape index (κ2) is 8.61. The molecule has 3 aromatic rings. The predicted molar refractivity (Wildman–Crippen MR) is 119 cm³/mol. The third kappa shape index (κ3) is 4.10. The Labute approximate surface area is 174 Å². The van der Waals surface area contributed by atoms with Gasteiger partial charge >= 0.3 is 0 Å². The van der Waals surface area contributed by atoms with E-state index in [1.165, 1.54) is 55.3 Å². The van der Waals surface area contributed by atoms with Gasteiger partial charge in [0.1, 0.15) is 23.7 Å². The van der Waals surface area contributed by atoms with E-state index >= 15 is 0 Å². The number of aromatic nitrogens is 2. The van der Waals surface area contributed by atoms with Crippen molar-refractivity contribution in [3.8, 4) is 5.75 Å². The van der Waals surface area contributed by atoms with Gasteiger partial charge in [0.15, 0.2) is 0 Å². The highest BCUT2D eigenvalue weighted by molar-refractivity contribution is 7.08. The molecule has 0 aliphatic heterocycles. The van der Waals surface area contributed by atoms with E-state index in [-0.39, 0.29) is 5.82 Å². The number of ether oxygens (including phenoxy) is 1. The SMILES string of the molecule is COc1ccc(C2CCCCC2)cc1Nc1ncnc(N)c1C(=N)c1ccsc1. The van der Waals surface area contributed by atoms with Gasteiger partial charge in [-0.2, -0.15) is 11.3 Å². The zero-order valence-corrected chi connectivity index (χ0v) is 17.3. The van der Waals surface area contributed by atoms with E-state index in [0.29, 0.717) is 23.0 Å². The number of benzene rings is 1. The number of anilines is 3. The Morgan fingerprint density at radius 1 is 1.21 bits per heavy atom. The first-order valence-electron chi connectivity index (χ1n) is 9.84. The van der Waals surface area contributed by atoms with Crippen LogP contribution >= 0.6 is 11.3 Å². The van der Waals surface area contributed by atoms with Crippen molar-refractivity contribution < 1.29 is 4.74 Å². The normalized spacial score (nSPS) is 14.5. The molecule has 1 fully saturated rings. The molecule has 6 nitrogen and oxygen atoms in total. The lowest BCUT2D eigenvalue weighted by molar-refractivity contribution is 0.415. The lowest BCUT2D eigenvalue weighted by Gasteiger charge is -2.23. The molecule has 0 radical (unpaired) electrons. The van der Waals surface area contributed by atoms with Crippen molar-refractivity contribution in [2.45, 2.75) is 38.0 Å². The summed E-state index contributed by atoms with van der Waals surface area (Å²) in [6, 6.07) is 8.20. The lowest BCUT2D eigenvalue weighted by atomic mass is 9.84. The first-order valence-corrected chi connectivity index (χ1v) is 10.8. The molecule has 2 aromatic heterocycles. The highest BCUT2D eigenvalue weighted by Crippen LogP contribution is 2.37. The molecule has 0 atom stereocenters. The predicted octanol–water partition coefficient (Wildman–Crippen LogP) is 5.34. The van der Waals surface area contributed by atoms with Gasteiger partial charge in [-0.3, -0.25) is 5.41 Å². The molecule has 0 bridgehead atoms. The fourth-order valence-corrected chi connectivity index (χ4v) is 4.58. The topological polar surface area (TPSA) is 96.9 Å². The van der Waals surface area contributed by atoms with Crippen molar-refractivity contribution in [1.29, 1.82) is 5.41 Å². The molecule has 0 amide bonds. The van der Waals surface area contributed by atoms with Crippen molar-refractivity contribution >= 4 is 34.4 Å². The molecule has 1 aromatic carbocycles. The molecule has 0 unspecified atom stereocenters. The summed E-state index contributed by atoms with van der Waals surface area (Å²) in [6.07, 6.45) is 7.75. The monoisotopic (exact) mass is 407 g/mol. The van der Waals surface area contributed by atoms with Crippen LogP contribution in [0.4, 0.5) is 17.3 Å². The van der Waals surface area contributed by atoms with E-state index < -0.39 is 0 Å². The fourth-order valence-electron chi connectivity index (χ4n) is 3.93. The maximum atomic E-state index is 8.61. The Hall–Kier alpha value is -2.93. The molecule has 4 rings (SSSR count). The summed E-state index contributed by atoms with van der Waals surface area (Å²) in [7, 11) is 1.66. The number of nitrogens with zero attached hydrogens (tertiary/aromatic N) is 2. The second-order valence-electron chi connectivity index (χ2n) is 7.29. The van der Waals surface area contributed by atoms with E-state index in [9.17, 15) is 0 Å². The molecule has 1 aliphatic carbocycles. The summed E-state index contributed by atoms with van der Waals surface area (Å²) in [6.45, 7) is 0. The van der Waals surface area contributed by atoms with Crippen LogP contribution in [0.3, 0.4) is 0 Å². The average molecular weight is 408 g/mol. The van der Waals surface area contributed by atoms with Crippen molar-refractivity contribution in [2.75, 3.05) is 18.2 Å². The van der Waals surface area contributed by atoms with Crippen molar-refractivity contribution in [3.63, 3.8) is 0 Å². The van der Waals surface area contributed by atoms with Crippen molar-refractivity contribution in [2.24, 2.45) is 0 Å². The van der Waals surface area contributed by atoms with Gasteiger partial charge in [-0.15, -0.1) is 0 Å². The minimum Gasteiger partial charge on any atom is -0.495 e. The molecule has 1 saturated carbocycles. The van der Waals surface area contributed by atoms with Crippen molar-refractivity contribution in [3.05, 3.63) is 58.0 Å². The number of methoxy groups -OCH3 is 1. The molecule has 2 heterocycles. The van der Waals surface area contributed by atoms with Gasteiger partial charge in [-0.25, -0.2) is 9.97 Å². The zero-order valence-electron chi connectivity index (χ0n) is 16.4. The van der Waals surface area contributed by atoms with E-state index in [0.717, 1.165) is 17.0 Å². The van der Waals surface area contributed by atoms with Crippen LogP contribution < -0.4 is 15.8 Å². The van der Waals surface area contributed by atoms with E-state index in [2.05, 4.69) is 27.4 Å². The molecule has 1 aliphatic rings. The number of hydrogen-bond donors (Lipinski definition) is 3. The summed E-state index contributed by atoms with van der Waals surface area (Å²) in [5.41, 5.74) is 9.87. The van der Waals surface area contributed by atoms with Crippen LogP contribution in [0.25, 0.3) is 0 Å². The van der Waals surface area contributed by atoms with Gasteiger partial charge < -0.3 is 15.8 Å². The summed E-state index contributed by atoms with van der Waals surface area (Å²) >= 11 is 1.54. The summed E-state index contributed by atoms with van der Waals surface area (Å²) < 4.78 is 5.57. The molecular formula is C22H25N5OS. The third-order valence-corrected chi connectivity index (χ3v) is 6.17. The molecule has 0 saturated heterocycles. The Kier molecular flexibility index (Phi) is 5.76. The van der Waals surface area contributed by atoms with Gasteiger partial charge in [0.25, 0.3) is 0 Å². The maximum Gasteiger partial charge on any atom is 0.145 e. The quantitative estimate of drug-likeness (QED) is 0.479. The molecular weight excluding hydrogens is 382 g/mol. The van der Waals surface area contributed by atoms with Crippen LogP contribution in [0.5, 0.6) is 5.75 Å². The lowest BCUT2D eigenvalue weighted by Crippen LogP contribution is -2.12. The fraction of sp³-hybridized carbons (Fsp3) is 0.318. The first kappa shape index (κ1) is 19.4. The molecule has 0 spiro atoms. The first-order chi connectivity index (χ1) is 14.2. The molecule has 7 heteroatoms. The van der Waals surface area contributed by atoms with Crippen LogP contribution in [-0.2, 0) is 0 Å². The largest absolute Gasteiger partial charge is 0.495 e. The number of hydrogen-bond acceptors (Lipinski definition) is 7. The molecule has 29 heavy (non-hydrogen) atoms. The second-order valence-corrected chi connectivity index (χ2v) is 8.07. The van der Waals surface area contributed by atoms with Crippen LogP contribution in [0.1, 0.15) is 54.7 Å². The molecule has 150 valence electrons. The Morgan fingerprint density at radius 3 is 2.76 bits per heavy atom. The van der Waals surface area contributed by atoms with Gasteiger partial charge in [0.2, 0.25) is 0 Å². The van der Waals surface area contributed by atoms with Crippen molar-refractivity contribution in [1.82, 2.24) is 9.97 Å². The summed E-state index contributed by atoms with van der Waals surface area (Å²) in [5.74, 6) is 2.10. The van der Waals surface area contributed by atoms with Crippen LogP contribution in [0, 0.1) is 5.41 Å². The maximum absolute atomic E-state index is 8.61. The Morgan fingerprint density at radius 2 is 2.03 bits per heavy atom. The number of nitrogen functional groups attached to an aromatic ring is 1. The minimum absolute atomic E-state index is 0.279. The van der Waals surface area contributed by atoms with Gasteiger partial charge in [-0.1, -0.05) is 25.3 Å². The van der Waals surface area contributed by atoms with Gasteiger partial charge in [0.05, 0.1) is 24.1 Å². The summed E-state index contributed by atoms with van der Waals surface area (Å²) in [5, 5.41) is 15.8. The zero-order chi connectivity index (χ0) is 20.2.